The van der Waals surface area contributed by atoms with E-state index in [9.17, 15) is 9.59 Å². The van der Waals surface area contributed by atoms with Crippen LogP contribution in [0.15, 0.2) is 18.2 Å². The molecule has 0 bridgehead atoms. The molecule has 26 heavy (non-hydrogen) atoms. The molecule has 4 nitrogen and oxygen atoms in total. The summed E-state index contributed by atoms with van der Waals surface area (Å²) in [5, 5.41) is 0. The summed E-state index contributed by atoms with van der Waals surface area (Å²) in [6.07, 6.45) is 10.1. The fourth-order valence-corrected chi connectivity index (χ4v) is 4.82. The number of aldehydes is 1. The number of carbonyl (C=O) groups excluding carboxylic acids is 2. The minimum Gasteiger partial charge on any atom is -0.449 e. The molecule has 1 aromatic rings. The maximum absolute atomic E-state index is 10.9. The molecule has 0 aromatic heterocycles. The molecule has 1 amide bonds. The molecule has 142 valence electrons. The van der Waals surface area contributed by atoms with Crippen LogP contribution in [-0.4, -0.2) is 19.0 Å². The van der Waals surface area contributed by atoms with Gasteiger partial charge in [0.05, 0.1) is 6.61 Å². The number of unbranched alkanes of at least 4 members (excludes halogenated alkanes) is 1. The van der Waals surface area contributed by atoms with Gasteiger partial charge in [0.1, 0.15) is 6.29 Å². The zero-order chi connectivity index (χ0) is 18.6. The summed E-state index contributed by atoms with van der Waals surface area (Å²) in [5.74, 6) is 1.28. The number of amides is 1. The normalized spacial score (nSPS) is 27.7. The van der Waals surface area contributed by atoms with Crippen LogP contribution in [0.4, 0.5) is 4.79 Å². The van der Waals surface area contributed by atoms with Crippen molar-refractivity contribution in [2.45, 2.75) is 70.6 Å². The topological polar surface area (TPSA) is 69.4 Å². The molecule has 0 unspecified atom stereocenters. The van der Waals surface area contributed by atoms with Crippen molar-refractivity contribution < 1.29 is 14.3 Å². The Morgan fingerprint density at radius 1 is 1.35 bits per heavy atom. The molecule has 0 spiro atoms. The third-order valence-corrected chi connectivity index (χ3v) is 6.37. The molecule has 3 rings (SSSR count). The molecule has 3 atom stereocenters. The molecule has 2 N–H and O–H groups in total. The summed E-state index contributed by atoms with van der Waals surface area (Å²) >= 11 is 0. The van der Waals surface area contributed by atoms with E-state index in [4.69, 9.17) is 10.5 Å². The lowest BCUT2D eigenvalue weighted by atomic mass is 9.79. The maximum Gasteiger partial charge on any atom is 0.404 e. The van der Waals surface area contributed by atoms with E-state index in [1.807, 2.05) is 0 Å². The van der Waals surface area contributed by atoms with Gasteiger partial charge in [0, 0.05) is 11.8 Å². The molecule has 0 radical (unpaired) electrons. The Morgan fingerprint density at radius 2 is 2.19 bits per heavy atom. The molecular weight excluding hydrogens is 326 g/mol. The van der Waals surface area contributed by atoms with E-state index in [2.05, 4.69) is 25.1 Å². The Morgan fingerprint density at radius 3 is 2.96 bits per heavy atom. The van der Waals surface area contributed by atoms with Gasteiger partial charge in [-0.25, -0.2) is 4.79 Å². The number of rotatable bonds is 7. The Labute approximate surface area is 156 Å². The average Bonchev–Trinajstić information content (AvgIpc) is 3.03. The second-order valence-corrected chi connectivity index (χ2v) is 8.59. The summed E-state index contributed by atoms with van der Waals surface area (Å²) in [7, 11) is 0. The minimum absolute atomic E-state index is 0.0409. The summed E-state index contributed by atoms with van der Waals surface area (Å²) in [6.45, 7) is 2.62. The average molecular weight is 357 g/mol. The second kappa shape index (κ2) is 8.24. The molecule has 1 fully saturated rings. The lowest BCUT2D eigenvalue weighted by molar-refractivity contribution is -0.108. The van der Waals surface area contributed by atoms with Gasteiger partial charge in [-0.15, -0.1) is 0 Å². The predicted molar refractivity (Wildman–Crippen MR) is 102 cm³/mol. The number of benzene rings is 1. The number of hydrogen-bond acceptors (Lipinski definition) is 3. The van der Waals surface area contributed by atoms with E-state index in [1.165, 1.54) is 29.5 Å². The van der Waals surface area contributed by atoms with Crippen molar-refractivity contribution in [3.05, 3.63) is 34.9 Å². The number of hydrogen-bond donors (Lipinski definition) is 1. The molecule has 2 aliphatic carbocycles. The Kier molecular flexibility index (Phi) is 6.00. The molecule has 2 aliphatic rings. The molecule has 0 saturated heterocycles. The van der Waals surface area contributed by atoms with Gasteiger partial charge in [-0.2, -0.15) is 0 Å². The maximum atomic E-state index is 10.9. The number of primary amides is 1. The SMILES string of the molecule is C[C@]1(COC(N)=O)CC[C@H](c2ccc3c(c2)CC[C@@H](CCCC=O)C3)C1. The van der Waals surface area contributed by atoms with Crippen molar-refractivity contribution in [1.29, 1.82) is 0 Å². The lowest BCUT2D eigenvalue weighted by Crippen LogP contribution is -2.25. The van der Waals surface area contributed by atoms with Crippen LogP contribution >= 0.6 is 0 Å². The first-order chi connectivity index (χ1) is 12.5. The summed E-state index contributed by atoms with van der Waals surface area (Å²) in [5.41, 5.74) is 9.60. The van der Waals surface area contributed by atoms with Crippen molar-refractivity contribution in [2.75, 3.05) is 6.61 Å². The number of nitrogens with two attached hydrogens (primary N) is 1. The lowest BCUT2D eigenvalue weighted by Gasteiger charge is -2.26. The first-order valence-corrected chi connectivity index (χ1v) is 9.97. The van der Waals surface area contributed by atoms with Crippen LogP contribution in [0.2, 0.25) is 0 Å². The van der Waals surface area contributed by atoms with Crippen molar-refractivity contribution >= 4 is 12.4 Å². The van der Waals surface area contributed by atoms with E-state index < -0.39 is 6.09 Å². The van der Waals surface area contributed by atoms with Gasteiger partial charge in [-0.1, -0.05) is 25.1 Å². The molecule has 0 aliphatic heterocycles. The van der Waals surface area contributed by atoms with Crippen LogP contribution in [0.1, 0.15) is 74.5 Å². The summed E-state index contributed by atoms with van der Waals surface area (Å²) in [4.78, 5) is 21.4. The van der Waals surface area contributed by atoms with E-state index in [1.54, 1.807) is 0 Å². The largest absolute Gasteiger partial charge is 0.449 e. The van der Waals surface area contributed by atoms with Crippen LogP contribution in [0, 0.1) is 11.3 Å². The first-order valence-electron chi connectivity index (χ1n) is 9.97. The van der Waals surface area contributed by atoms with Crippen molar-refractivity contribution in [2.24, 2.45) is 17.1 Å². The van der Waals surface area contributed by atoms with Crippen molar-refractivity contribution in [3.63, 3.8) is 0 Å². The highest BCUT2D eigenvalue weighted by atomic mass is 16.5. The third-order valence-electron chi connectivity index (χ3n) is 6.37. The van der Waals surface area contributed by atoms with Gasteiger partial charge in [-0.05, 0) is 79.9 Å². The van der Waals surface area contributed by atoms with Crippen molar-refractivity contribution in [3.8, 4) is 0 Å². The van der Waals surface area contributed by atoms with Crippen LogP contribution in [0.3, 0.4) is 0 Å². The third kappa shape index (κ3) is 4.66. The standard InChI is InChI=1S/C22H31NO3/c1-22(15-26-21(23)25)10-9-20(14-22)19-8-7-17-12-16(4-2-3-11-24)5-6-18(17)13-19/h7-8,11,13,16,20H,2-6,9-10,12,14-15H2,1H3,(H2,23,25)/t16-,20+,22+/m1/s1. The van der Waals surface area contributed by atoms with Crippen LogP contribution in [0.5, 0.6) is 0 Å². The van der Waals surface area contributed by atoms with E-state index in [0.29, 0.717) is 18.9 Å². The second-order valence-electron chi connectivity index (χ2n) is 8.59. The van der Waals surface area contributed by atoms with Gasteiger partial charge in [-0.3, -0.25) is 0 Å². The molecular formula is C22H31NO3. The Hall–Kier alpha value is -1.84. The number of ether oxygens (including phenoxy) is 1. The van der Waals surface area contributed by atoms with Crippen LogP contribution in [0.25, 0.3) is 0 Å². The van der Waals surface area contributed by atoms with Gasteiger partial charge in [0.25, 0.3) is 0 Å². The minimum atomic E-state index is -0.675. The zero-order valence-corrected chi connectivity index (χ0v) is 15.8. The van der Waals surface area contributed by atoms with Crippen LogP contribution < -0.4 is 5.73 Å². The highest BCUT2D eigenvalue weighted by Gasteiger charge is 2.37. The van der Waals surface area contributed by atoms with Crippen molar-refractivity contribution in [1.82, 2.24) is 0 Å². The Balaban J connectivity index is 1.60. The quantitative estimate of drug-likeness (QED) is 0.576. The fourth-order valence-electron chi connectivity index (χ4n) is 4.82. The highest BCUT2D eigenvalue weighted by Crippen LogP contribution is 2.47. The van der Waals surface area contributed by atoms with Gasteiger partial charge in [0.15, 0.2) is 0 Å². The first kappa shape index (κ1) is 18.9. The summed E-state index contributed by atoms with van der Waals surface area (Å²) in [6, 6.07) is 7.05. The molecule has 4 heteroatoms. The predicted octanol–water partition coefficient (Wildman–Crippen LogP) is 4.53. The molecule has 0 heterocycles. The van der Waals surface area contributed by atoms with E-state index in [0.717, 1.165) is 50.7 Å². The highest BCUT2D eigenvalue weighted by molar-refractivity contribution is 5.64. The molecule has 1 saturated carbocycles. The van der Waals surface area contributed by atoms with Gasteiger partial charge >= 0.3 is 6.09 Å². The number of fused-ring (bicyclic) bond motifs is 1. The van der Waals surface area contributed by atoms with E-state index >= 15 is 0 Å². The molecule has 1 aromatic carbocycles. The Bertz CT molecular complexity index is 657. The fraction of sp³-hybridized carbons (Fsp3) is 0.636. The van der Waals surface area contributed by atoms with Gasteiger partial charge in [0.2, 0.25) is 0 Å². The number of carbonyl (C=O) groups is 2. The van der Waals surface area contributed by atoms with Gasteiger partial charge < -0.3 is 15.3 Å². The zero-order valence-electron chi connectivity index (χ0n) is 15.8. The number of aryl methyl sites for hydroxylation is 1. The van der Waals surface area contributed by atoms with E-state index in [-0.39, 0.29) is 5.41 Å². The smallest absolute Gasteiger partial charge is 0.404 e. The monoisotopic (exact) mass is 357 g/mol. The van der Waals surface area contributed by atoms with Crippen LogP contribution in [-0.2, 0) is 22.4 Å². The summed E-state index contributed by atoms with van der Waals surface area (Å²) < 4.78 is 5.07.